The van der Waals surface area contributed by atoms with Crippen LogP contribution in [0.1, 0.15) is 10.6 Å². The summed E-state index contributed by atoms with van der Waals surface area (Å²) in [5.41, 5.74) is 6.54. The molecule has 0 unspecified atom stereocenters. The van der Waals surface area contributed by atoms with Crippen LogP contribution in [0.4, 0.5) is 0 Å². The van der Waals surface area contributed by atoms with Gasteiger partial charge in [-0.1, -0.05) is 0 Å². The lowest BCUT2D eigenvalue weighted by Gasteiger charge is -1.99. The minimum absolute atomic E-state index is 0.652. The average molecular weight is 286 g/mol. The molecule has 0 atom stereocenters. The van der Waals surface area contributed by atoms with Crippen molar-refractivity contribution < 1.29 is 0 Å². The Balaban J connectivity index is 2.08. The third kappa shape index (κ3) is 2.68. The molecule has 15 heavy (non-hydrogen) atoms. The minimum Gasteiger partial charge on any atom is -0.332 e. The smallest absolute Gasteiger partial charge is 0.0952 e. The predicted molar refractivity (Wildman–Crippen MR) is 66.1 cm³/mol. The Kier molecular flexibility index (Phi) is 3.56. The molecule has 2 N–H and O–H groups in total. The standard InChI is InChI=1S/C10H12BrN3S/c11-9-2-4-15-10(9)6-14-5-8(1-3-12)13-7-14/h2,4-5,7H,1,3,6,12H2. The first-order valence-electron chi connectivity index (χ1n) is 4.72. The van der Waals surface area contributed by atoms with Gasteiger partial charge in [-0.05, 0) is 33.9 Å². The van der Waals surface area contributed by atoms with Gasteiger partial charge in [-0.25, -0.2) is 4.98 Å². The first kappa shape index (κ1) is 10.9. The monoisotopic (exact) mass is 285 g/mol. The highest BCUT2D eigenvalue weighted by atomic mass is 79.9. The van der Waals surface area contributed by atoms with Gasteiger partial charge in [-0.2, -0.15) is 0 Å². The number of halogens is 1. The topological polar surface area (TPSA) is 43.8 Å². The Morgan fingerprint density at radius 3 is 3.07 bits per heavy atom. The number of aromatic nitrogens is 2. The van der Waals surface area contributed by atoms with Crippen molar-refractivity contribution in [1.82, 2.24) is 9.55 Å². The van der Waals surface area contributed by atoms with Crippen molar-refractivity contribution in [3.05, 3.63) is 39.0 Å². The Hall–Kier alpha value is -0.650. The molecule has 0 aliphatic heterocycles. The molecule has 5 heteroatoms. The van der Waals surface area contributed by atoms with Crippen molar-refractivity contribution in [2.75, 3.05) is 6.54 Å². The maximum absolute atomic E-state index is 5.48. The van der Waals surface area contributed by atoms with E-state index in [2.05, 4.69) is 43.1 Å². The van der Waals surface area contributed by atoms with Crippen molar-refractivity contribution in [2.45, 2.75) is 13.0 Å². The van der Waals surface area contributed by atoms with Crippen LogP contribution in [-0.2, 0) is 13.0 Å². The van der Waals surface area contributed by atoms with Gasteiger partial charge in [-0.15, -0.1) is 11.3 Å². The first-order valence-corrected chi connectivity index (χ1v) is 6.39. The van der Waals surface area contributed by atoms with E-state index in [4.69, 9.17) is 5.73 Å². The SMILES string of the molecule is NCCc1cn(Cc2sccc2Br)cn1. The van der Waals surface area contributed by atoms with Crippen molar-refractivity contribution in [1.29, 1.82) is 0 Å². The van der Waals surface area contributed by atoms with E-state index in [1.165, 1.54) is 9.35 Å². The Morgan fingerprint density at radius 2 is 2.40 bits per heavy atom. The lowest BCUT2D eigenvalue weighted by molar-refractivity contribution is 0.805. The molecule has 80 valence electrons. The lowest BCUT2D eigenvalue weighted by atomic mass is 10.3. The van der Waals surface area contributed by atoms with Crippen LogP contribution in [0.2, 0.25) is 0 Å². The van der Waals surface area contributed by atoms with Crippen LogP contribution < -0.4 is 5.73 Å². The number of rotatable bonds is 4. The molecule has 2 aromatic heterocycles. The molecule has 3 nitrogen and oxygen atoms in total. The summed E-state index contributed by atoms with van der Waals surface area (Å²) in [6.45, 7) is 1.52. The molecule has 2 aromatic rings. The fraction of sp³-hybridized carbons (Fsp3) is 0.300. The Labute approximate surface area is 101 Å². The molecule has 2 heterocycles. The highest BCUT2D eigenvalue weighted by molar-refractivity contribution is 9.10. The molecule has 0 bridgehead atoms. The summed E-state index contributed by atoms with van der Waals surface area (Å²) in [5, 5.41) is 2.08. The second-order valence-electron chi connectivity index (χ2n) is 3.27. The summed E-state index contributed by atoms with van der Waals surface area (Å²) >= 11 is 5.26. The molecule has 0 saturated carbocycles. The first-order chi connectivity index (χ1) is 7.29. The molecule has 0 aliphatic rings. The van der Waals surface area contributed by atoms with Gasteiger partial charge in [0.15, 0.2) is 0 Å². The van der Waals surface area contributed by atoms with E-state index < -0.39 is 0 Å². The fourth-order valence-corrected chi connectivity index (χ4v) is 2.86. The van der Waals surface area contributed by atoms with Crippen molar-refractivity contribution in [2.24, 2.45) is 5.73 Å². The summed E-state index contributed by atoms with van der Waals surface area (Å²) in [7, 11) is 0. The molecule has 0 spiro atoms. The third-order valence-corrected chi connectivity index (χ3v) is 4.02. The lowest BCUT2D eigenvalue weighted by Crippen LogP contribution is -2.02. The van der Waals surface area contributed by atoms with E-state index in [-0.39, 0.29) is 0 Å². The number of nitrogens with zero attached hydrogens (tertiary/aromatic N) is 2. The van der Waals surface area contributed by atoms with Crippen LogP contribution in [0.15, 0.2) is 28.4 Å². The van der Waals surface area contributed by atoms with Gasteiger partial charge in [0, 0.05) is 22.0 Å². The number of hydrogen-bond acceptors (Lipinski definition) is 3. The van der Waals surface area contributed by atoms with Gasteiger partial charge in [0.05, 0.1) is 18.6 Å². The zero-order valence-corrected chi connectivity index (χ0v) is 10.6. The zero-order valence-electron chi connectivity index (χ0n) is 8.19. The van der Waals surface area contributed by atoms with Gasteiger partial charge >= 0.3 is 0 Å². The van der Waals surface area contributed by atoms with Crippen LogP contribution in [-0.4, -0.2) is 16.1 Å². The van der Waals surface area contributed by atoms with Crippen molar-refractivity contribution in [3.8, 4) is 0 Å². The summed E-state index contributed by atoms with van der Waals surface area (Å²) < 4.78 is 3.25. The molecular formula is C10H12BrN3S. The van der Waals surface area contributed by atoms with Crippen LogP contribution in [0.5, 0.6) is 0 Å². The molecule has 0 aliphatic carbocycles. The number of nitrogens with two attached hydrogens (primary N) is 1. The summed E-state index contributed by atoms with van der Waals surface area (Å²) in [4.78, 5) is 5.60. The molecule has 0 aromatic carbocycles. The van der Waals surface area contributed by atoms with Gasteiger partial charge in [0.25, 0.3) is 0 Å². The maximum Gasteiger partial charge on any atom is 0.0952 e. The molecule has 0 radical (unpaired) electrons. The fourth-order valence-electron chi connectivity index (χ4n) is 1.37. The normalized spacial score (nSPS) is 10.8. The van der Waals surface area contributed by atoms with Crippen molar-refractivity contribution in [3.63, 3.8) is 0 Å². The number of imidazole rings is 1. The van der Waals surface area contributed by atoms with Gasteiger partial charge in [-0.3, -0.25) is 0 Å². The highest BCUT2D eigenvalue weighted by Gasteiger charge is 2.03. The molecular weight excluding hydrogens is 274 g/mol. The van der Waals surface area contributed by atoms with E-state index >= 15 is 0 Å². The number of thiophene rings is 1. The zero-order chi connectivity index (χ0) is 10.7. The third-order valence-electron chi connectivity index (χ3n) is 2.10. The number of hydrogen-bond donors (Lipinski definition) is 1. The van der Waals surface area contributed by atoms with Crippen LogP contribution in [0, 0.1) is 0 Å². The van der Waals surface area contributed by atoms with Crippen molar-refractivity contribution >= 4 is 27.3 Å². The maximum atomic E-state index is 5.48. The second kappa shape index (κ2) is 4.92. The van der Waals surface area contributed by atoms with Gasteiger partial charge in [0.2, 0.25) is 0 Å². The molecule has 0 amide bonds. The average Bonchev–Trinajstić information content (AvgIpc) is 2.79. The predicted octanol–water partition coefficient (Wildman–Crippen LogP) is 2.26. The largest absolute Gasteiger partial charge is 0.332 e. The molecule has 0 saturated heterocycles. The van der Waals surface area contributed by atoms with E-state index in [1.807, 2.05) is 6.33 Å². The second-order valence-corrected chi connectivity index (χ2v) is 5.12. The van der Waals surface area contributed by atoms with Crippen LogP contribution in [0.25, 0.3) is 0 Å². The molecule has 2 rings (SSSR count). The summed E-state index contributed by atoms with van der Waals surface area (Å²) in [5.74, 6) is 0. The summed E-state index contributed by atoms with van der Waals surface area (Å²) in [6, 6.07) is 2.07. The molecule has 0 fully saturated rings. The van der Waals surface area contributed by atoms with Crippen LogP contribution in [0.3, 0.4) is 0 Å². The quantitative estimate of drug-likeness (QED) is 0.937. The summed E-state index contributed by atoms with van der Waals surface area (Å²) in [6.07, 6.45) is 4.76. The van der Waals surface area contributed by atoms with E-state index in [9.17, 15) is 0 Å². The van der Waals surface area contributed by atoms with E-state index in [1.54, 1.807) is 11.3 Å². The van der Waals surface area contributed by atoms with E-state index in [0.717, 1.165) is 18.7 Å². The Morgan fingerprint density at radius 1 is 1.53 bits per heavy atom. The van der Waals surface area contributed by atoms with E-state index in [0.29, 0.717) is 6.54 Å². The van der Waals surface area contributed by atoms with Crippen LogP contribution >= 0.6 is 27.3 Å². The minimum atomic E-state index is 0.652. The van der Waals surface area contributed by atoms with Gasteiger partial charge in [0.1, 0.15) is 0 Å². The van der Waals surface area contributed by atoms with Gasteiger partial charge < -0.3 is 10.3 Å². The highest BCUT2D eigenvalue weighted by Crippen LogP contribution is 2.23. The Bertz CT molecular complexity index is 435.